The van der Waals surface area contributed by atoms with Crippen molar-refractivity contribution in [1.29, 1.82) is 0 Å². The number of amides is 1. The molecule has 116 valence electrons. The molecule has 0 bridgehead atoms. The van der Waals surface area contributed by atoms with E-state index >= 15 is 0 Å². The van der Waals surface area contributed by atoms with Crippen molar-refractivity contribution >= 4 is 21.4 Å². The molecule has 2 rings (SSSR count). The number of halogens is 2. The average Bonchev–Trinajstić information content (AvgIpc) is 2.75. The van der Waals surface area contributed by atoms with Crippen molar-refractivity contribution in [3.63, 3.8) is 0 Å². The molecule has 1 aliphatic heterocycles. The second-order valence-corrected chi connectivity index (χ2v) is 7.20. The summed E-state index contributed by atoms with van der Waals surface area (Å²) >= 11 is 0. The first-order valence-electron chi connectivity index (χ1n) is 6.51. The molecule has 0 aromatic heterocycles. The molecule has 1 atom stereocenters. The molecule has 1 aromatic rings. The number of anilines is 1. The van der Waals surface area contributed by atoms with Crippen LogP contribution in [0.3, 0.4) is 0 Å². The molecule has 0 saturated carbocycles. The summed E-state index contributed by atoms with van der Waals surface area (Å²) in [6.07, 6.45) is 0.271. The molecule has 0 radical (unpaired) electrons. The van der Waals surface area contributed by atoms with Crippen LogP contribution in [0.2, 0.25) is 0 Å². The van der Waals surface area contributed by atoms with E-state index in [4.69, 9.17) is 5.73 Å². The highest BCUT2D eigenvalue weighted by molar-refractivity contribution is 7.91. The summed E-state index contributed by atoms with van der Waals surface area (Å²) in [5.74, 6) is -3.20. The van der Waals surface area contributed by atoms with Gasteiger partial charge in [0.1, 0.15) is 11.4 Å². The maximum absolute atomic E-state index is 13.9. The molecule has 8 heteroatoms. The third-order valence-electron chi connectivity index (χ3n) is 3.59. The van der Waals surface area contributed by atoms with Crippen LogP contribution in [0.1, 0.15) is 23.7 Å². The zero-order valence-corrected chi connectivity index (χ0v) is 12.3. The number of hydrogen-bond acceptors (Lipinski definition) is 4. The van der Waals surface area contributed by atoms with Gasteiger partial charge >= 0.3 is 0 Å². The predicted molar refractivity (Wildman–Crippen MR) is 74.5 cm³/mol. The molecule has 5 nitrogen and oxygen atoms in total. The second-order valence-electron chi connectivity index (χ2n) is 4.97. The van der Waals surface area contributed by atoms with Crippen LogP contribution in [0.5, 0.6) is 0 Å². The van der Waals surface area contributed by atoms with Gasteiger partial charge in [0, 0.05) is 12.6 Å². The fourth-order valence-electron chi connectivity index (χ4n) is 2.50. The highest BCUT2D eigenvalue weighted by Gasteiger charge is 2.36. The van der Waals surface area contributed by atoms with Gasteiger partial charge in [-0.25, -0.2) is 17.2 Å². The van der Waals surface area contributed by atoms with E-state index in [0.717, 1.165) is 12.1 Å². The van der Waals surface area contributed by atoms with E-state index in [-0.39, 0.29) is 30.2 Å². The quantitative estimate of drug-likeness (QED) is 0.849. The zero-order chi connectivity index (χ0) is 15.8. The van der Waals surface area contributed by atoms with Crippen LogP contribution >= 0.6 is 0 Å². The third kappa shape index (κ3) is 2.99. The maximum atomic E-state index is 13.9. The SMILES string of the molecule is CCN(C(=O)c1c(F)ccc(N)c1F)C1CCS(=O)(=O)C1. The van der Waals surface area contributed by atoms with Gasteiger partial charge in [0.2, 0.25) is 0 Å². The van der Waals surface area contributed by atoms with Crippen LogP contribution in [0.25, 0.3) is 0 Å². The van der Waals surface area contributed by atoms with Crippen molar-refractivity contribution in [2.24, 2.45) is 0 Å². The fourth-order valence-corrected chi connectivity index (χ4v) is 4.23. The zero-order valence-electron chi connectivity index (χ0n) is 11.5. The van der Waals surface area contributed by atoms with Gasteiger partial charge in [0.25, 0.3) is 5.91 Å². The van der Waals surface area contributed by atoms with E-state index in [1.807, 2.05) is 0 Å². The summed E-state index contributed by atoms with van der Waals surface area (Å²) in [6, 6.07) is 1.40. The number of nitrogens with zero attached hydrogens (tertiary/aromatic N) is 1. The summed E-state index contributed by atoms with van der Waals surface area (Å²) in [7, 11) is -3.20. The van der Waals surface area contributed by atoms with Gasteiger partial charge in [-0.15, -0.1) is 0 Å². The van der Waals surface area contributed by atoms with Gasteiger partial charge in [0.05, 0.1) is 17.2 Å². The van der Waals surface area contributed by atoms with Crippen LogP contribution < -0.4 is 5.73 Å². The molecule has 0 aliphatic carbocycles. The minimum atomic E-state index is -3.20. The number of nitrogens with two attached hydrogens (primary N) is 1. The molecule has 1 unspecified atom stereocenters. The Bertz CT molecular complexity index is 676. The summed E-state index contributed by atoms with van der Waals surface area (Å²) in [5, 5.41) is 0. The average molecular weight is 318 g/mol. The van der Waals surface area contributed by atoms with Gasteiger partial charge < -0.3 is 10.6 Å². The number of carbonyl (C=O) groups is 1. The van der Waals surface area contributed by atoms with Gasteiger partial charge in [-0.05, 0) is 25.5 Å². The van der Waals surface area contributed by atoms with Crippen molar-refractivity contribution in [3.8, 4) is 0 Å². The Labute approximate surface area is 121 Å². The van der Waals surface area contributed by atoms with Crippen LogP contribution in [0, 0.1) is 11.6 Å². The Kier molecular flexibility index (Phi) is 4.18. The van der Waals surface area contributed by atoms with E-state index in [9.17, 15) is 22.0 Å². The summed E-state index contributed by atoms with van der Waals surface area (Å²) in [4.78, 5) is 13.5. The first-order valence-corrected chi connectivity index (χ1v) is 8.34. The van der Waals surface area contributed by atoms with Crippen LogP contribution in [0.15, 0.2) is 12.1 Å². The molecule has 1 aromatic carbocycles. The van der Waals surface area contributed by atoms with Crippen LogP contribution in [0.4, 0.5) is 14.5 Å². The van der Waals surface area contributed by atoms with Crippen molar-refractivity contribution in [1.82, 2.24) is 4.90 Å². The lowest BCUT2D eigenvalue weighted by Gasteiger charge is -2.27. The number of sulfone groups is 1. The number of benzene rings is 1. The largest absolute Gasteiger partial charge is 0.396 e. The lowest BCUT2D eigenvalue weighted by Crippen LogP contribution is -2.41. The Hall–Kier alpha value is -1.70. The molecule has 1 saturated heterocycles. The van der Waals surface area contributed by atoms with Crippen LogP contribution in [-0.2, 0) is 9.84 Å². The van der Waals surface area contributed by atoms with E-state index < -0.39 is 39.0 Å². The van der Waals surface area contributed by atoms with Crippen molar-refractivity contribution in [2.45, 2.75) is 19.4 Å². The Morgan fingerprint density at radius 3 is 2.62 bits per heavy atom. The first-order chi connectivity index (χ1) is 9.76. The molecular weight excluding hydrogens is 302 g/mol. The maximum Gasteiger partial charge on any atom is 0.260 e. The minimum Gasteiger partial charge on any atom is -0.396 e. The van der Waals surface area contributed by atoms with Gasteiger partial charge in [-0.1, -0.05) is 0 Å². The van der Waals surface area contributed by atoms with Gasteiger partial charge in [-0.3, -0.25) is 4.79 Å². The van der Waals surface area contributed by atoms with E-state index in [1.165, 1.54) is 4.90 Å². The molecule has 1 amide bonds. The normalized spacial score (nSPS) is 20.4. The Morgan fingerprint density at radius 1 is 1.43 bits per heavy atom. The van der Waals surface area contributed by atoms with Crippen molar-refractivity contribution in [3.05, 3.63) is 29.3 Å². The molecule has 1 aliphatic rings. The monoisotopic (exact) mass is 318 g/mol. The molecular formula is C13H16F2N2O3S. The number of hydrogen-bond donors (Lipinski definition) is 1. The summed E-state index contributed by atoms with van der Waals surface area (Å²) in [6.45, 7) is 1.79. The molecule has 21 heavy (non-hydrogen) atoms. The minimum absolute atomic E-state index is 0.0245. The first kappa shape index (κ1) is 15.7. The Balaban J connectivity index is 2.36. The number of rotatable bonds is 3. The van der Waals surface area contributed by atoms with E-state index in [1.54, 1.807) is 6.92 Å². The van der Waals surface area contributed by atoms with Gasteiger partial charge in [-0.2, -0.15) is 0 Å². The van der Waals surface area contributed by atoms with Crippen LogP contribution in [-0.4, -0.2) is 43.3 Å². The molecule has 2 N–H and O–H groups in total. The lowest BCUT2D eigenvalue weighted by molar-refractivity contribution is 0.0698. The fraction of sp³-hybridized carbons (Fsp3) is 0.462. The highest BCUT2D eigenvalue weighted by Crippen LogP contribution is 2.24. The van der Waals surface area contributed by atoms with E-state index in [0.29, 0.717) is 0 Å². The second kappa shape index (κ2) is 5.59. The lowest BCUT2D eigenvalue weighted by atomic mass is 10.1. The predicted octanol–water partition coefficient (Wildman–Crippen LogP) is 1.20. The molecule has 1 heterocycles. The van der Waals surface area contributed by atoms with Crippen molar-refractivity contribution < 1.29 is 22.0 Å². The van der Waals surface area contributed by atoms with E-state index in [2.05, 4.69) is 0 Å². The summed E-state index contributed by atoms with van der Waals surface area (Å²) < 4.78 is 50.7. The van der Waals surface area contributed by atoms with Gasteiger partial charge in [0.15, 0.2) is 15.7 Å². The number of carbonyl (C=O) groups excluding carboxylic acids is 1. The third-order valence-corrected chi connectivity index (χ3v) is 5.34. The Morgan fingerprint density at radius 2 is 2.10 bits per heavy atom. The standard InChI is InChI=1S/C13H16F2N2O3S/c1-2-17(8-5-6-21(19,20)7-8)13(18)11-9(14)3-4-10(16)12(11)15/h3-4,8H,2,5-7,16H2,1H3. The number of nitrogen functional groups attached to an aromatic ring is 1. The van der Waals surface area contributed by atoms with Crippen molar-refractivity contribution in [2.75, 3.05) is 23.8 Å². The smallest absolute Gasteiger partial charge is 0.260 e. The molecule has 0 spiro atoms. The topological polar surface area (TPSA) is 80.5 Å². The highest BCUT2D eigenvalue weighted by atomic mass is 32.2. The summed E-state index contributed by atoms with van der Waals surface area (Å²) in [5.41, 5.74) is 4.30. The molecule has 1 fully saturated rings.